The first kappa shape index (κ1) is 35.2. The molecule has 4 unspecified atom stereocenters. The zero-order valence-electron chi connectivity index (χ0n) is 23.7. The second-order valence-corrected chi connectivity index (χ2v) is 15.2. The Bertz CT molecular complexity index is 707. The van der Waals surface area contributed by atoms with Gasteiger partial charge in [0.25, 0.3) is 0 Å². The van der Waals surface area contributed by atoms with Crippen LogP contribution in [0.3, 0.4) is 0 Å². The molecule has 0 aliphatic heterocycles. The largest absolute Gasteiger partial charge is 4.00 e. The summed E-state index contributed by atoms with van der Waals surface area (Å²) in [6.45, 7) is 29.0. The standard InChI is InChI=1S/C16H34NSi.2C7H7.CH3.Ti/c1-10-18(9,17-16(6,7)8)15-13(4)11(2)12(3)14(15)5;2*1-7-5-3-2-4-6-7;;/h11-15H,10H2,1-9H3;2*2-6H,1H2;1H3;/q4*-1;+4/t11?,12?,13?,14?,15?,18-;;;;/m0..../s1. The van der Waals surface area contributed by atoms with Crippen LogP contribution in [0.25, 0.3) is 4.98 Å². The van der Waals surface area contributed by atoms with Crippen LogP contribution in [-0.2, 0) is 21.7 Å². The monoisotopic (exact) mass is 513 g/mol. The quantitative estimate of drug-likeness (QED) is 0.286. The van der Waals surface area contributed by atoms with Crippen LogP contribution in [0.1, 0.15) is 66.5 Å². The van der Waals surface area contributed by atoms with Crippen molar-refractivity contribution in [2.45, 2.75) is 79.1 Å². The molecule has 0 aromatic heterocycles. The summed E-state index contributed by atoms with van der Waals surface area (Å²) in [5, 5.41) is 0. The van der Waals surface area contributed by atoms with Crippen molar-refractivity contribution in [2.75, 3.05) is 0 Å². The number of nitrogens with zero attached hydrogens (tertiary/aromatic N) is 1. The molecule has 3 rings (SSSR count). The summed E-state index contributed by atoms with van der Waals surface area (Å²) in [6.07, 6.45) is 0. The molecule has 0 saturated heterocycles. The van der Waals surface area contributed by atoms with E-state index in [-0.39, 0.29) is 34.7 Å². The Morgan fingerprint density at radius 2 is 1.06 bits per heavy atom. The van der Waals surface area contributed by atoms with Crippen molar-refractivity contribution in [3.8, 4) is 0 Å². The molecule has 0 bridgehead atoms. The van der Waals surface area contributed by atoms with Crippen LogP contribution in [0, 0.1) is 44.9 Å². The molecular formula is C31H51NSiTi. The summed E-state index contributed by atoms with van der Waals surface area (Å²) in [5.41, 5.74) is 3.14. The number of rotatable bonds is 3. The zero-order valence-corrected chi connectivity index (χ0v) is 26.3. The first-order valence-corrected chi connectivity index (χ1v) is 15.0. The van der Waals surface area contributed by atoms with E-state index in [2.05, 4.69) is 75.8 Å². The van der Waals surface area contributed by atoms with Gasteiger partial charge in [-0.15, -0.1) is 29.8 Å². The van der Waals surface area contributed by atoms with E-state index in [9.17, 15) is 0 Å². The van der Waals surface area contributed by atoms with Crippen LogP contribution in [-0.4, -0.2) is 13.8 Å². The fraction of sp³-hybridized carbons (Fsp3) is 0.516. The van der Waals surface area contributed by atoms with Crippen molar-refractivity contribution in [3.63, 3.8) is 0 Å². The number of hydrogen-bond donors (Lipinski definition) is 0. The molecule has 1 aliphatic rings. The zero-order chi connectivity index (χ0) is 24.5. The Kier molecular flexibility index (Phi) is 16.5. The molecule has 5 atom stereocenters. The maximum absolute atomic E-state index is 5.35. The van der Waals surface area contributed by atoms with Crippen LogP contribution in [0.15, 0.2) is 60.7 Å². The minimum Gasteiger partial charge on any atom is -0.659 e. The number of benzene rings is 2. The molecule has 1 saturated carbocycles. The van der Waals surface area contributed by atoms with Crippen LogP contribution in [0.5, 0.6) is 0 Å². The normalized spacial score (nSPS) is 25.1. The van der Waals surface area contributed by atoms with Gasteiger partial charge in [-0.3, -0.25) is 0 Å². The Hall–Kier alpha value is -0.929. The molecule has 188 valence electrons. The molecule has 3 heteroatoms. The van der Waals surface area contributed by atoms with Gasteiger partial charge in [-0.05, 0) is 23.7 Å². The van der Waals surface area contributed by atoms with Gasteiger partial charge in [-0.25, -0.2) is 0 Å². The van der Waals surface area contributed by atoms with Gasteiger partial charge in [0.1, 0.15) is 0 Å². The molecule has 0 amide bonds. The topological polar surface area (TPSA) is 14.1 Å². The predicted molar refractivity (Wildman–Crippen MR) is 154 cm³/mol. The third-order valence-electron chi connectivity index (χ3n) is 7.33. The van der Waals surface area contributed by atoms with Crippen LogP contribution in [0.2, 0.25) is 18.1 Å². The third kappa shape index (κ3) is 11.2. The van der Waals surface area contributed by atoms with Gasteiger partial charge in [0.05, 0.1) is 0 Å². The van der Waals surface area contributed by atoms with E-state index in [4.69, 9.17) is 4.98 Å². The maximum Gasteiger partial charge on any atom is 4.00 e. The minimum absolute atomic E-state index is 0. The fourth-order valence-corrected chi connectivity index (χ4v) is 10.5. The van der Waals surface area contributed by atoms with Gasteiger partial charge in [-0.2, -0.15) is 49.2 Å². The summed E-state index contributed by atoms with van der Waals surface area (Å²) in [4.78, 5) is 5.35. The summed E-state index contributed by atoms with van der Waals surface area (Å²) >= 11 is 0. The van der Waals surface area contributed by atoms with Crippen LogP contribution in [0.4, 0.5) is 0 Å². The molecule has 1 fully saturated rings. The van der Waals surface area contributed by atoms with Gasteiger partial charge >= 0.3 is 21.7 Å². The van der Waals surface area contributed by atoms with E-state index in [1.165, 1.54) is 6.04 Å². The second-order valence-electron chi connectivity index (χ2n) is 10.9. The van der Waals surface area contributed by atoms with Crippen molar-refractivity contribution in [1.82, 2.24) is 0 Å². The van der Waals surface area contributed by atoms with Crippen molar-refractivity contribution in [1.29, 1.82) is 0 Å². The van der Waals surface area contributed by atoms with Crippen molar-refractivity contribution >= 4 is 8.24 Å². The summed E-state index contributed by atoms with van der Waals surface area (Å²) in [5.74, 6) is 3.41. The molecule has 0 radical (unpaired) electrons. The predicted octanol–water partition coefficient (Wildman–Crippen LogP) is 9.87. The van der Waals surface area contributed by atoms with Crippen molar-refractivity contribution < 1.29 is 21.7 Å². The molecule has 1 aliphatic carbocycles. The molecule has 34 heavy (non-hydrogen) atoms. The Morgan fingerprint density at radius 1 is 0.735 bits per heavy atom. The average molecular weight is 514 g/mol. The first-order valence-electron chi connectivity index (χ1n) is 12.3. The van der Waals surface area contributed by atoms with Crippen LogP contribution < -0.4 is 0 Å². The van der Waals surface area contributed by atoms with E-state index < -0.39 is 8.24 Å². The summed E-state index contributed by atoms with van der Waals surface area (Å²) in [7, 11) is -1.51. The van der Waals surface area contributed by atoms with Crippen molar-refractivity contribution in [3.05, 3.63) is 98.0 Å². The summed E-state index contributed by atoms with van der Waals surface area (Å²) in [6, 6.07) is 21.0. The molecule has 2 aromatic rings. The van der Waals surface area contributed by atoms with Gasteiger partial charge in [0.15, 0.2) is 0 Å². The van der Waals surface area contributed by atoms with Crippen LogP contribution >= 0.6 is 0 Å². The SMILES string of the molecule is CC[Si@](C)([N-]C(C)(C)C)C1C(C)C(C)C(C)C1C.[CH2-]c1ccccc1.[CH2-]c1ccccc1.[CH3-].[Ti+4]. The molecule has 0 N–H and O–H groups in total. The van der Waals surface area contributed by atoms with E-state index >= 15 is 0 Å². The first-order chi connectivity index (χ1) is 14.8. The molecule has 2 aromatic carbocycles. The summed E-state index contributed by atoms with van der Waals surface area (Å²) < 4.78 is 0. The minimum atomic E-state index is -1.51. The fourth-order valence-electron chi connectivity index (χ4n) is 5.33. The van der Waals surface area contributed by atoms with Gasteiger partial charge in [0.2, 0.25) is 0 Å². The number of hydrogen-bond acceptors (Lipinski definition) is 0. The Labute approximate surface area is 229 Å². The molecule has 1 nitrogen and oxygen atoms in total. The maximum atomic E-state index is 5.35. The Balaban J connectivity index is 0. The van der Waals surface area contributed by atoms with E-state index in [1.54, 1.807) is 0 Å². The van der Waals surface area contributed by atoms with E-state index in [1.807, 2.05) is 60.7 Å². The average Bonchev–Trinajstić information content (AvgIpc) is 2.92. The smallest absolute Gasteiger partial charge is 0.659 e. The van der Waals surface area contributed by atoms with E-state index in [0.29, 0.717) is 0 Å². The molecular weight excluding hydrogens is 462 g/mol. The Morgan fingerprint density at radius 3 is 1.26 bits per heavy atom. The third-order valence-corrected chi connectivity index (χ3v) is 12.4. The molecule has 0 heterocycles. The molecule has 0 spiro atoms. The van der Waals surface area contributed by atoms with Crippen molar-refractivity contribution in [2.24, 2.45) is 23.7 Å². The van der Waals surface area contributed by atoms with E-state index in [0.717, 1.165) is 40.3 Å². The van der Waals surface area contributed by atoms with Gasteiger partial charge in [-0.1, -0.05) is 93.9 Å². The van der Waals surface area contributed by atoms with Gasteiger partial charge in [0, 0.05) is 0 Å². The second kappa shape index (κ2) is 15.9. The van der Waals surface area contributed by atoms with Gasteiger partial charge < -0.3 is 12.4 Å².